The molecule has 4 N–H and O–H groups in total. The first-order chi connectivity index (χ1) is 9.11. The van der Waals surface area contributed by atoms with Gasteiger partial charge < -0.3 is 5.43 Å². The Morgan fingerprint density at radius 3 is 2.95 bits per heavy atom. The molecule has 0 atom stereocenters. The van der Waals surface area contributed by atoms with Gasteiger partial charge in [-0.05, 0) is 12.5 Å². The molecule has 100 valence electrons. The Balaban J connectivity index is 2.20. The molecule has 0 spiro atoms. The van der Waals surface area contributed by atoms with Gasteiger partial charge in [-0.15, -0.1) is 5.10 Å². The number of nitro benzene ring substituents is 1. The van der Waals surface area contributed by atoms with Crippen LogP contribution in [0.3, 0.4) is 0 Å². The third-order valence-corrected chi connectivity index (χ3v) is 3.30. The fourth-order valence-electron chi connectivity index (χ4n) is 1.55. The zero-order chi connectivity index (χ0) is 13.8. The van der Waals surface area contributed by atoms with E-state index in [2.05, 4.69) is 20.6 Å². The Kier molecular flexibility index (Phi) is 3.97. The van der Waals surface area contributed by atoms with Gasteiger partial charge in [0, 0.05) is 11.8 Å². The van der Waals surface area contributed by atoms with Gasteiger partial charge in [-0.1, -0.05) is 23.9 Å². The van der Waals surface area contributed by atoms with E-state index in [0.717, 1.165) is 11.4 Å². The molecular formula is C10H12N6O2S. The molecule has 0 aliphatic rings. The molecule has 0 amide bonds. The number of nitrogens with zero attached hydrogens (tertiary/aromatic N) is 3. The van der Waals surface area contributed by atoms with Crippen molar-refractivity contribution in [2.24, 2.45) is 5.84 Å². The number of nitro groups is 1. The summed E-state index contributed by atoms with van der Waals surface area (Å²) in [6, 6.07) is 4.80. The van der Waals surface area contributed by atoms with Crippen LogP contribution in [-0.4, -0.2) is 20.1 Å². The average Bonchev–Trinajstić information content (AvgIpc) is 2.81. The van der Waals surface area contributed by atoms with Crippen molar-refractivity contribution in [1.29, 1.82) is 0 Å². The Labute approximate surface area is 112 Å². The Hall–Kier alpha value is -2.13. The molecule has 0 saturated carbocycles. The van der Waals surface area contributed by atoms with Crippen molar-refractivity contribution >= 4 is 23.1 Å². The predicted molar refractivity (Wildman–Crippen MR) is 71.6 cm³/mol. The Morgan fingerprint density at radius 1 is 1.58 bits per heavy atom. The summed E-state index contributed by atoms with van der Waals surface area (Å²) in [5, 5.41) is 18.2. The lowest BCUT2D eigenvalue weighted by molar-refractivity contribution is -0.384. The Morgan fingerprint density at radius 2 is 2.37 bits per heavy atom. The minimum atomic E-state index is -0.472. The molecule has 2 aromatic rings. The molecule has 0 fully saturated rings. The van der Waals surface area contributed by atoms with E-state index in [1.807, 2.05) is 0 Å². The summed E-state index contributed by atoms with van der Waals surface area (Å²) in [6.07, 6.45) is 0. The second-order valence-corrected chi connectivity index (χ2v) is 4.65. The van der Waals surface area contributed by atoms with Gasteiger partial charge in [0.05, 0.1) is 4.92 Å². The number of H-pyrrole nitrogens is 1. The first kappa shape index (κ1) is 13.3. The number of aryl methyl sites for hydroxylation is 1. The van der Waals surface area contributed by atoms with Crippen LogP contribution in [0.1, 0.15) is 11.4 Å². The van der Waals surface area contributed by atoms with Crippen molar-refractivity contribution in [1.82, 2.24) is 15.2 Å². The summed E-state index contributed by atoms with van der Waals surface area (Å²) < 4.78 is 0. The third-order valence-electron chi connectivity index (χ3n) is 2.40. The number of nitrogen functional groups attached to an aromatic ring is 1. The van der Waals surface area contributed by atoms with E-state index < -0.39 is 4.92 Å². The van der Waals surface area contributed by atoms with Gasteiger partial charge in [0.25, 0.3) is 5.69 Å². The molecule has 1 aromatic heterocycles. The normalized spacial score (nSPS) is 10.4. The lowest BCUT2D eigenvalue weighted by atomic mass is 10.2. The number of para-hydroxylation sites is 1. The van der Waals surface area contributed by atoms with Crippen molar-refractivity contribution in [3.63, 3.8) is 0 Å². The molecule has 8 nitrogen and oxygen atoms in total. The summed E-state index contributed by atoms with van der Waals surface area (Å²) >= 11 is 1.37. The number of hydrogen-bond acceptors (Lipinski definition) is 7. The van der Waals surface area contributed by atoms with Crippen molar-refractivity contribution in [2.45, 2.75) is 17.8 Å². The van der Waals surface area contributed by atoms with E-state index in [9.17, 15) is 10.1 Å². The highest BCUT2D eigenvalue weighted by Crippen LogP contribution is 2.31. The van der Waals surface area contributed by atoms with Gasteiger partial charge in [0.1, 0.15) is 11.5 Å². The largest absolute Gasteiger partial charge is 0.318 e. The highest BCUT2D eigenvalue weighted by atomic mass is 32.2. The predicted octanol–water partition coefficient (Wildman–Crippen LogP) is 1.60. The van der Waals surface area contributed by atoms with Crippen LogP contribution in [0, 0.1) is 17.0 Å². The number of nitrogens with one attached hydrogen (secondary N) is 2. The first-order valence-electron chi connectivity index (χ1n) is 5.36. The number of benzene rings is 1. The molecule has 19 heavy (non-hydrogen) atoms. The quantitative estimate of drug-likeness (QED) is 0.329. The molecule has 0 unspecified atom stereocenters. The summed E-state index contributed by atoms with van der Waals surface area (Å²) in [6.45, 7) is 1.80. The SMILES string of the molecule is Cc1nc(SCc2cccc([N+](=O)[O-])c2NN)n[nH]1. The number of thioether (sulfide) groups is 1. The number of hydrazine groups is 1. The van der Waals surface area contributed by atoms with E-state index >= 15 is 0 Å². The van der Waals surface area contributed by atoms with Crippen LogP contribution < -0.4 is 11.3 Å². The van der Waals surface area contributed by atoms with Crippen molar-refractivity contribution < 1.29 is 4.92 Å². The monoisotopic (exact) mass is 280 g/mol. The van der Waals surface area contributed by atoms with Gasteiger partial charge in [0.15, 0.2) is 0 Å². The summed E-state index contributed by atoms with van der Waals surface area (Å²) in [5.74, 6) is 6.57. The number of rotatable bonds is 5. The number of hydrogen-bond donors (Lipinski definition) is 3. The minimum Gasteiger partial charge on any atom is -0.318 e. The van der Waals surface area contributed by atoms with Crippen molar-refractivity contribution in [3.05, 3.63) is 39.7 Å². The van der Waals surface area contributed by atoms with Crippen LogP contribution in [0.4, 0.5) is 11.4 Å². The van der Waals surface area contributed by atoms with Crippen LogP contribution in [0.2, 0.25) is 0 Å². The summed E-state index contributed by atoms with van der Waals surface area (Å²) in [4.78, 5) is 14.6. The summed E-state index contributed by atoms with van der Waals surface area (Å²) in [7, 11) is 0. The molecule has 0 saturated heterocycles. The Bertz CT molecular complexity index is 599. The molecule has 0 bridgehead atoms. The van der Waals surface area contributed by atoms with Crippen molar-refractivity contribution in [3.8, 4) is 0 Å². The van der Waals surface area contributed by atoms with Crippen molar-refractivity contribution in [2.75, 3.05) is 5.43 Å². The fourth-order valence-corrected chi connectivity index (χ4v) is 2.39. The molecule has 0 radical (unpaired) electrons. The zero-order valence-corrected chi connectivity index (χ0v) is 10.9. The van der Waals surface area contributed by atoms with E-state index in [0.29, 0.717) is 16.6 Å². The molecule has 1 aromatic carbocycles. The topological polar surface area (TPSA) is 123 Å². The third kappa shape index (κ3) is 3.01. The first-order valence-corrected chi connectivity index (χ1v) is 6.35. The second kappa shape index (κ2) is 5.67. The van der Waals surface area contributed by atoms with E-state index in [1.165, 1.54) is 17.8 Å². The number of nitrogens with two attached hydrogens (primary N) is 1. The second-order valence-electron chi connectivity index (χ2n) is 3.70. The average molecular weight is 280 g/mol. The molecule has 0 aliphatic carbocycles. The van der Waals surface area contributed by atoms with Crippen LogP contribution in [0.15, 0.2) is 23.4 Å². The molecule has 9 heteroatoms. The van der Waals surface area contributed by atoms with Gasteiger partial charge in [-0.25, -0.2) is 4.98 Å². The lowest BCUT2D eigenvalue weighted by Gasteiger charge is -2.07. The molecule has 2 rings (SSSR count). The zero-order valence-electron chi connectivity index (χ0n) is 10.1. The lowest BCUT2D eigenvalue weighted by Crippen LogP contribution is -2.11. The molecular weight excluding hydrogens is 268 g/mol. The van der Waals surface area contributed by atoms with E-state index in [1.54, 1.807) is 19.1 Å². The fraction of sp³-hybridized carbons (Fsp3) is 0.200. The smallest absolute Gasteiger partial charge is 0.293 e. The molecule has 0 aliphatic heterocycles. The number of aromatic amines is 1. The number of anilines is 1. The van der Waals surface area contributed by atoms with Gasteiger partial charge in [-0.2, -0.15) is 0 Å². The maximum atomic E-state index is 10.9. The minimum absolute atomic E-state index is 0.0493. The van der Waals surface area contributed by atoms with Gasteiger partial charge >= 0.3 is 0 Å². The van der Waals surface area contributed by atoms with E-state index in [4.69, 9.17) is 5.84 Å². The molecule has 1 heterocycles. The summed E-state index contributed by atoms with van der Waals surface area (Å²) in [5.41, 5.74) is 3.37. The maximum Gasteiger partial charge on any atom is 0.293 e. The van der Waals surface area contributed by atoms with Crippen LogP contribution in [0.25, 0.3) is 0 Å². The van der Waals surface area contributed by atoms with Crippen LogP contribution in [-0.2, 0) is 5.75 Å². The van der Waals surface area contributed by atoms with Gasteiger partial charge in [-0.3, -0.25) is 21.1 Å². The van der Waals surface area contributed by atoms with E-state index in [-0.39, 0.29) is 5.69 Å². The van der Waals surface area contributed by atoms with Gasteiger partial charge in [0.2, 0.25) is 5.16 Å². The highest BCUT2D eigenvalue weighted by molar-refractivity contribution is 7.98. The highest BCUT2D eigenvalue weighted by Gasteiger charge is 2.16. The van der Waals surface area contributed by atoms with Crippen LogP contribution in [0.5, 0.6) is 0 Å². The maximum absolute atomic E-state index is 10.9. The number of aromatic nitrogens is 3. The van der Waals surface area contributed by atoms with Crippen LogP contribution >= 0.6 is 11.8 Å². The standard InChI is InChI=1S/C10H12N6O2S/c1-6-12-10(15-14-6)19-5-7-3-2-4-8(16(17)18)9(7)13-11/h2-4,13H,5,11H2,1H3,(H,12,14,15).